The third kappa shape index (κ3) is 2.99. The maximum atomic E-state index is 10.8. The number of hydrogen-bond acceptors (Lipinski definition) is 3. The van der Waals surface area contributed by atoms with Gasteiger partial charge in [0.05, 0.1) is 12.7 Å². The number of likely N-dealkylation sites (tertiary alicyclic amines) is 1. The highest BCUT2D eigenvalue weighted by Crippen LogP contribution is 2.38. The highest BCUT2D eigenvalue weighted by Gasteiger charge is 2.45. The van der Waals surface area contributed by atoms with Crippen LogP contribution >= 0.6 is 0 Å². The molecule has 3 nitrogen and oxygen atoms in total. The molecule has 3 rings (SSSR count). The van der Waals surface area contributed by atoms with Crippen LogP contribution in [0.3, 0.4) is 0 Å². The Morgan fingerprint density at radius 2 is 2.00 bits per heavy atom. The van der Waals surface area contributed by atoms with Gasteiger partial charge in [0.2, 0.25) is 0 Å². The van der Waals surface area contributed by atoms with Crippen molar-refractivity contribution in [3.8, 4) is 5.75 Å². The zero-order valence-corrected chi connectivity index (χ0v) is 12.5. The minimum absolute atomic E-state index is 0.498. The molecule has 2 unspecified atom stereocenters. The van der Waals surface area contributed by atoms with Gasteiger partial charge in [-0.25, -0.2) is 0 Å². The highest BCUT2D eigenvalue weighted by atomic mass is 16.5. The van der Waals surface area contributed by atoms with Gasteiger partial charge in [-0.15, -0.1) is 0 Å². The van der Waals surface area contributed by atoms with Crippen molar-refractivity contribution in [1.29, 1.82) is 0 Å². The van der Waals surface area contributed by atoms with Gasteiger partial charge in [0.15, 0.2) is 0 Å². The molecule has 1 aromatic carbocycles. The Bertz CT molecular complexity index is 455. The lowest BCUT2D eigenvalue weighted by molar-refractivity contribution is 0.0400. The molecule has 1 saturated heterocycles. The molecule has 110 valence electrons. The van der Waals surface area contributed by atoms with Crippen LogP contribution in [0.15, 0.2) is 24.3 Å². The van der Waals surface area contributed by atoms with Gasteiger partial charge in [-0.05, 0) is 56.7 Å². The SMILES string of the molecule is COc1ccc(CCC2(O)CC(C)N(C3CC3)C2)cc1. The Labute approximate surface area is 121 Å². The van der Waals surface area contributed by atoms with Crippen LogP contribution in [0.5, 0.6) is 5.75 Å². The fraction of sp³-hybridized carbons (Fsp3) is 0.647. The molecular formula is C17H25NO2. The Kier molecular flexibility index (Phi) is 3.74. The first-order chi connectivity index (χ1) is 9.59. The zero-order chi connectivity index (χ0) is 14.2. The first kappa shape index (κ1) is 13.9. The van der Waals surface area contributed by atoms with Crippen LogP contribution in [0, 0.1) is 0 Å². The van der Waals surface area contributed by atoms with Crippen LogP contribution < -0.4 is 4.74 Å². The van der Waals surface area contributed by atoms with Gasteiger partial charge in [-0.2, -0.15) is 0 Å². The van der Waals surface area contributed by atoms with Gasteiger partial charge in [0, 0.05) is 18.6 Å². The maximum absolute atomic E-state index is 10.8. The monoisotopic (exact) mass is 275 g/mol. The number of benzene rings is 1. The summed E-state index contributed by atoms with van der Waals surface area (Å²) in [5.74, 6) is 0.891. The predicted octanol–water partition coefficient (Wildman–Crippen LogP) is 2.62. The Balaban J connectivity index is 1.56. The molecule has 2 atom stereocenters. The molecule has 0 radical (unpaired) electrons. The molecule has 0 aromatic heterocycles. The van der Waals surface area contributed by atoms with E-state index in [1.165, 1.54) is 18.4 Å². The minimum atomic E-state index is -0.498. The Morgan fingerprint density at radius 1 is 1.30 bits per heavy atom. The molecular weight excluding hydrogens is 250 g/mol. The summed E-state index contributed by atoms with van der Waals surface area (Å²) in [6, 6.07) is 9.46. The topological polar surface area (TPSA) is 32.7 Å². The second-order valence-electron chi connectivity index (χ2n) is 6.53. The molecule has 1 aliphatic heterocycles. The predicted molar refractivity (Wildman–Crippen MR) is 80.1 cm³/mol. The van der Waals surface area contributed by atoms with E-state index in [1.807, 2.05) is 12.1 Å². The van der Waals surface area contributed by atoms with Gasteiger partial charge in [-0.3, -0.25) is 4.90 Å². The van der Waals surface area contributed by atoms with Crippen LogP contribution in [0.4, 0.5) is 0 Å². The molecule has 1 aliphatic carbocycles. The van der Waals surface area contributed by atoms with E-state index in [9.17, 15) is 5.11 Å². The van der Waals surface area contributed by atoms with Gasteiger partial charge in [-0.1, -0.05) is 12.1 Å². The lowest BCUT2D eigenvalue weighted by Gasteiger charge is -2.23. The van der Waals surface area contributed by atoms with E-state index in [0.29, 0.717) is 6.04 Å². The first-order valence-electron chi connectivity index (χ1n) is 7.71. The van der Waals surface area contributed by atoms with E-state index < -0.39 is 5.60 Å². The molecule has 20 heavy (non-hydrogen) atoms. The van der Waals surface area contributed by atoms with Crippen LogP contribution in [-0.4, -0.2) is 41.3 Å². The quantitative estimate of drug-likeness (QED) is 0.896. The average Bonchev–Trinajstić information content (AvgIpc) is 3.24. The van der Waals surface area contributed by atoms with Gasteiger partial charge >= 0.3 is 0 Å². The third-order valence-electron chi connectivity index (χ3n) is 4.77. The van der Waals surface area contributed by atoms with Crippen molar-refractivity contribution < 1.29 is 9.84 Å². The summed E-state index contributed by atoms with van der Waals surface area (Å²) in [5, 5.41) is 10.8. The Hall–Kier alpha value is -1.06. The summed E-state index contributed by atoms with van der Waals surface area (Å²) in [6.07, 6.45) is 5.34. The van der Waals surface area contributed by atoms with Crippen molar-refractivity contribution in [1.82, 2.24) is 4.90 Å². The number of methoxy groups -OCH3 is 1. The van der Waals surface area contributed by atoms with E-state index >= 15 is 0 Å². The van der Waals surface area contributed by atoms with Gasteiger partial charge in [0.25, 0.3) is 0 Å². The van der Waals surface area contributed by atoms with Crippen molar-refractivity contribution in [2.24, 2.45) is 0 Å². The maximum Gasteiger partial charge on any atom is 0.118 e. The smallest absolute Gasteiger partial charge is 0.118 e. The molecule has 0 bridgehead atoms. The molecule has 1 aromatic rings. The number of ether oxygens (including phenoxy) is 1. The lowest BCUT2D eigenvalue weighted by atomic mass is 9.92. The average molecular weight is 275 g/mol. The largest absolute Gasteiger partial charge is 0.497 e. The first-order valence-corrected chi connectivity index (χ1v) is 7.71. The third-order valence-corrected chi connectivity index (χ3v) is 4.77. The fourth-order valence-electron chi connectivity index (χ4n) is 3.47. The Morgan fingerprint density at radius 3 is 2.60 bits per heavy atom. The van der Waals surface area contributed by atoms with E-state index in [2.05, 4.69) is 24.0 Å². The highest BCUT2D eigenvalue weighted by molar-refractivity contribution is 5.27. The second kappa shape index (κ2) is 5.38. The van der Waals surface area contributed by atoms with Crippen molar-refractivity contribution in [3.63, 3.8) is 0 Å². The number of aryl methyl sites for hydroxylation is 1. The summed E-state index contributed by atoms with van der Waals surface area (Å²) in [5.41, 5.74) is 0.777. The molecule has 2 fully saturated rings. The van der Waals surface area contributed by atoms with Crippen molar-refractivity contribution in [2.45, 2.75) is 56.7 Å². The summed E-state index contributed by atoms with van der Waals surface area (Å²) < 4.78 is 5.17. The number of hydrogen-bond donors (Lipinski definition) is 1. The normalized spacial score (nSPS) is 30.6. The van der Waals surface area contributed by atoms with Gasteiger partial charge in [0.1, 0.15) is 5.75 Å². The van der Waals surface area contributed by atoms with Crippen molar-refractivity contribution in [3.05, 3.63) is 29.8 Å². The molecule has 2 aliphatic rings. The number of aliphatic hydroxyl groups is 1. The number of β-amino-alcohol motifs (C(OH)–C–C–N with tert-alkyl or cyclic N) is 1. The minimum Gasteiger partial charge on any atom is -0.497 e. The van der Waals surface area contributed by atoms with Crippen LogP contribution in [0.2, 0.25) is 0 Å². The summed E-state index contributed by atoms with van der Waals surface area (Å²) in [7, 11) is 1.68. The zero-order valence-electron chi connectivity index (χ0n) is 12.5. The van der Waals surface area contributed by atoms with E-state index in [1.54, 1.807) is 7.11 Å². The molecule has 0 amide bonds. The number of rotatable bonds is 5. The van der Waals surface area contributed by atoms with E-state index in [4.69, 9.17) is 4.74 Å². The molecule has 3 heteroatoms. The molecule has 1 N–H and O–H groups in total. The van der Waals surface area contributed by atoms with Gasteiger partial charge < -0.3 is 9.84 Å². The van der Waals surface area contributed by atoms with Crippen molar-refractivity contribution >= 4 is 0 Å². The summed E-state index contributed by atoms with van der Waals surface area (Å²) in [6.45, 7) is 3.11. The van der Waals surface area contributed by atoms with Crippen molar-refractivity contribution in [2.75, 3.05) is 13.7 Å². The number of nitrogens with zero attached hydrogens (tertiary/aromatic N) is 1. The molecule has 0 spiro atoms. The van der Waals surface area contributed by atoms with E-state index in [0.717, 1.165) is 37.6 Å². The van der Waals surface area contributed by atoms with E-state index in [-0.39, 0.29) is 0 Å². The summed E-state index contributed by atoms with van der Waals surface area (Å²) in [4.78, 5) is 2.51. The fourth-order valence-corrected chi connectivity index (χ4v) is 3.47. The second-order valence-corrected chi connectivity index (χ2v) is 6.53. The summed E-state index contributed by atoms with van der Waals surface area (Å²) >= 11 is 0. The molecule has 1 saturated carbocycles. The van der Waals surface area contributed by atoms with Crippen LogP contribution in [0.25, 0.3) is 0 Å². The lowest BCUT2D eigenvalue weighted by Crippen LogP contribution is -2.35. The van der Waals surface area contributed by atoms with Crippen LogP contribution in [-0.2, 0) is 6.42 Å². The van der Waals surface area contributed by atoms with Crippen LogP contribution in [0.1, 0.15) is 38.2 Å². The standard InChI is InChI=1S/C17H25NO2/c1-13-11-17(19,12-18(13)15-5-6-15)10-9-14-3-7-16(20-2)8-4-14/h3-4,7-8,13,15,19H,5-6,9-12H2,1-2H3. The molecule has 1 heterocycles.